The van der Waals surface area contributed by atoms with Gasteiger partial charge < -0.3 is 4.74 Å². The van der Waals surface area contributed by atoms with Gasteiger partial charge in [0.2, 0.25) is 5.91 Å². The molecular weight excluding hydrogens is 270 g/mol. The van der Waals surface area contributed by atoms with Gasteiger partial charge in [-0.15, -0.1) is 11.3 Å². The van der Waals surface area contributed by atoms with E-state index in [1.54, 1.807) is 18.4 Å². The van der Waals surface area contributed by atoms with Crippen LogP contribution in [0.1, 0.15) is 0 Å². The maximum atomic E-state index is 11.6. The van der Waals surface area contributed by atoms with E-state index in [1.165, 1.54) is 11.8 Å². The second-order valence-electron chi connectivity index (χ2n) is 3.52. The Balaban J connectivity index is 2.17. The zero-order valence-electron chi connectivity index (χ0n) is 9.75. The minimum Gasteiger partial charge on any atom is -0.383 e. The fourth-order valence-electron chi connectivity index (χ4n) is 1.43. The highest BCUT2D eigenvalue weighted by atomic mass is 32.2. The molecule has 1 unspecified atom stereocenters. The van der Waals surface area contributed by atoms with Crippen molar-refractivity contribution in [3.63, 3.8) is 0 Å². The number of hydrogen-bond acceptors (Lipinski definition) is 6. The third kappa shape index (κ3) is 2.99. The molecule has 1 atom stereocenters. The monoisotopic (exact) mass is 283 g/mol. The molecule has 0 aliphatic rings. The van der Waals surface area contributed by atoms with Crippen LogP contribution in [-0.4, -0.2) is 29.9 Å². The molecule has 0 bridgehead atoms. The van der Waals surface area contributed by atoms with Crippen molar-refractivity contribution in [3.05, 3.63) is 24.3 Å². The van der Waals surface area contributed by atoms with Gasteiger partial charge >= 0.3 is 0 Å². The molecule has 0 aliphatic carbocycles. The third-order valence-corrected chi connectivity index (χ3v) is 4.57. The number of carbonyl (C=O) groups excluding carboxylic acids is 1. The Labute approximate surface area is 113 Å². The van der Waals surface area contributed by atoms with Crippen molar-refractivity contribution >= 4 is 39.2 Å². The fraction of sp³-hybridized carbons (Fsp3) is 0.273. The number of thioether (sulfide) groups is 1. The Kier molecular flexibility index (Phi) is 4.54. The normalized spacial score (nSPS) is 12.6. The smallest absolute Gasteiger partial charge is 0.249 e. The summed E-state index contributed by atoms with van der Waals surface area (Å²) in [5.74, 6) is 4.88. The molecule has 96 valence electrons. The third-order valence-electron chi connectivity index (χ3n) is 2.27. The maximum absolute atomic E-state index is 11.6. The summed E-state index contributed by atoms with van der Waals surface area (Å²) >= 11 is 2.92. The van der Waals surface area contributed by atoms with Crippen LogP contribution in [0.25, 0.3) is 10.2 Å². The molecule has 0 saturated carbocycles. The lowest BCUT2D eigenvalue weighted by Gasteiger charge is -2.11. The maximum Gasteiger partial charge on any atom is 0.249 e. The number of nitrogens with one attached hydrogen (secondary N) is 1. The molecule has 0 saturated heterocycles. The van der Waals surface area contributed by atoms with Gasteiger partial charge in [0.15, 0.2) is 4.34 Å². The van der Waals surface area contributed by atoms with E-state index in [0.29, 0.717) is 6.61 Å². The van der Waals surface area contributed by atoms with Crippen LogP contribution in [0, 0.1) is 0 Å². The average Bonchev–Trinajstić information content (AvgIpc) is 2.79. The minimum absolute atomic E-state index is 0.263. The number of hydrazine groups is 1. The predicted octanol–water partition coefficient (Wildman–Crippen LogP) is 1.39. The molecule has 0 radical (unpaired) electrons. The van der Waals surface area contributed by atoms with Crippen molar-refractivity contribution in [2.75, 3.05) is 13.7 Å². The van der Waals surface area contributed by atoms with E-state index in [9.17, 15) is 4.79 Å². The molecule has 1 aromatic heterocycles. The van der Waals surface area contributed by atoms with Crippen LogP contribution >= 0.6 is 23.1 Å². The van der Waals surface area contributed by atoms with E-state index in [2.05, 4.69) is 10.4 Å². The summed E-state index contributed by atoms with van der Waals surface area (Å²) in [6, 6.07) is 7.86. The second kappa shape index (κ2) is 6.14. The lowest BCUT2D eigenvalue weighted by Crippen LogP contribution is -2.39. The molecule has 0 fully saturated rings. The number of ether oxygens (including phenoxy) is 1. The second-order valence-corrected chi connectivity index (χ2v) is 6.00. The SMILES string of the molecule is COCC(Sc1nc2ccccc2s1)C(=O)NN. The van der Waals surface area contributed by atoms with Gasteiger partial charge in [-0.2, -0.15) is 0 Å². The van der Waals surface area contributed by atoms with Crippen molar-refractivity contribution in [2.24, 2.45) is 5.84 Å². The van der Waals surface area contributed by atoms with E-state index in [-0.39, 0.29) is 11.2 Å². The lowest BCUT2D eigenvalue weighted by atomic mass is 10.3. The van der Waals surface area contributed by atoms with Crippen molar-refractivity contribution in [2.45, 2.75) is 9.59 Å². The zero-order valence-corrected chi connectivity index (χ0v) is 11.4. The number of aromatic nitrogens is 1. The first-order valence-electron chi connectivity index (χ1n) is 5.26. The highest BCUT2D eigenvalue weighted by Gasteiger charge is 2.20. The number of methoxy groups -OCH3 is 1. The number of nitrogens with zero attached hydrogens (tertiary/aromatic N) is 1. The Morgan fingerprint density at radius 3 is 3.06 bits per heavy atom. The van der Waals surface area contributed by atoms with Gasteiger partial charge in [0.1, 0.15) is 5.25 Å². The summed E-state index contributed by atoms with van der Waals surface area (Å²) < 4.78 is 6.95. The molecular formula is C11H13N3O2S2. The summed E-state index contributed by atoms with van der Waals surface area (Å²) in [6.45, 7) is 0.295. The standard InChI is InChI=1S/C11H13N3O2S2/c1-16-6-9(10(15)14-12)18-11-13-7-4-2-3-5-8(7)17-11/h2-5,9H,6,12H2,1H3,(H,14,15). The number of para-hydroxylation sites is 1. The summed E-state index contributed by atoms with van der Waals surface area (Å²) in [6.07, 6.45) is 0. The topological polar surface area (TPSA) is 77.2 Å². The molecule has 7 heteroatoms. The Morgan fingerprint density at radius 1 is 1.61 bits per heavy atom. The number of carbonyl (C=O) groups is 1. The number of nitrogens with two attached hydrogens (primary N) is 1. The molecule has 2 aromatic rings. The van der Waals surface area contributed by atoms with Crippen LogP contribution in [0.4, 0.5) is 0 Å². The number of thiazole rings is 1. The van der Waals surface area contributed by atoms with Crippen LogP contribution in [0.2, 0.25) is 0 Å². The van der Waals surface area contributed by atoms with Crippen LogP contribution in [0.5, 0.6) is 0 Å². The molecule has 1 aromatic carbocycles. The molecule has 0 aliphatic heterocycles. The van der Waals surface area contributed by atoms with E-state index in [1.807, 2.05) is 24.3 Å². The van der Waals surface area contributed by atoms with Gasteiger partial charge in [0.05, 0.1) is 16.8 Å². The molecule has 0 spiro atoms. The van der Waals surface area contributed by atoms with Gasteiger partial charge in [-0.05, 0) is 12.1 Å². The highest BCUT2D eigenvalue weighted by Crippen LogP contribution is 2.32. The predicted molar refractivity (Wildman–Crippen MR) is 73.5 cm³/mol. The van der Waals surface area contributed by atoms with Crippen molar-refractivity contribution in [3.8, 4) is 0 Å². The first-order chi connectivity index (χ1) is 8.74. The summed E-state index contributed by atoms with van der Waals surface area (Å²) in [7, 11) is 1.55. The highest BCUT2D eigenvalue weighted by molar-refractivity contribution is 8.02. The summed E-state index contributed by atoms with van der Waals surface area (Å²) in [5, 5.41) is -0.388. The molecule has 2 rings (SSSR count). The van der Waals surface area contributed by atoms with Gasteiger partial charge in [-0.1, -0.05) is 23.9 Å². The van der Waals surface area contributed by atoms with Crippen LogP contribution in [-0.2, 0) is 9.53 Å². The number of fused-ring (bicyclic) bond motifs is 1. The molecule has 3 N–H and O–H groups in total. The van der Waals surface area contributed by atoms with E-state index >= 15 is 0 Å². The summed E-state index contributed by atoms with van der Waals surface area (Å²) in [5.41, 5.74) is 3.08. The van der Waals surface area contributed by atoms with Gasteiger partial charge in [-0.25, -0.2) is 10.8 Å². The average molecular weight is 283 g/mol. The Hall–Kier alpha value is -1.15. The first-order valence-corrected chi connectivity index (χ1v) is 6.96. The van der Waals surface area contributed by atoms with Crippen molar-refractivity contribution in [1.29, 1.82) is 0 Å². The molecule has 1 heterocycles. The fourth-order valence-corrected chi connectivity index (χ4v) is 3.71. The van der Waals surface area contributed by atoms with E-state index < -0.39 is 0 Å². The van der Waals surface area contributed by atoms with Gasteiger partial charge in [0, 0.05) is 7.11 Å². The minimum atomic E-state index is -0.388. The van der Waals surface area contributed by atoms with E-state index in [4.69, 9.17) is 10.6 Å². The first kappa shape index (κ1) is 13.3. The van der Waals surface area contributed by atoms with Crippen molar-refractivity contribution in [1.82, 2.24) is 10.4 Å². The number of rotatable bonds is 5. The van der Waals surface area contributed by atoms with Crippen molar-refractivity contribution < 1.29 is 9.53 Å². The van der Waals surface area contributed by atoms with Gasteiger partial charge in [0.25, 0.3) is 0 Å². The Bertz CT molecular complexity index is 511. The number of hydrogen-bond donors (Lipinski definition) is 2. The molecule has 18 heavy (non-hydrogen) atoms. The Morgan fingerprint density at radius 2 is 2.39 bits per heavy atom. The number of amides is 1. The molecule has 5 nitrogen and oxygen atoms in total. The lowest BCUT2D eigenvalue weighted by molar-refractivity contribution is -0.121. The summed E-state index contributed by atoms with van der Waals surface area (Å²) in [4.78, 5) is 16.0. The van der Waals surface area contributed by atoms with Crippen LogP contribution < -0.4 is 11.3 Å². The van der Waals surface area contributed by atoms with Crippen LogP contribution in [0.3, 0.4) is 0 Å². The van der Waals surface area contributed by atoms with E-state index in [0.717, 1.165) is 14.6 Å². The van der Waals surface area contributed by atoms with Gasteiger partial charge in [-0.3, -0.25) is 10.2 Å². The number of benzene rings is 1. The quantitative estimate of drug-likeness (QED) is 0.375. The van der Waals surface area contributed by atoms with Crippen LogP contribution in [0.15, 0.2) is 28.6 Å². The molecule has 1 amide bonds. The largest absolute Gasteiger partial charge is 0.383 e. The zero-order chi connectivity index (χ0) is 13.0.